The second-order valence-electron chi connectivity index (χ2n) is 4.34. The molecule has 1 heterocycles. The molecule has 19 heavy (non-hydrogen) atoms. The number of hydrogen-bond acceptors (Lipinski definition) is 4. The fourth-order valence-electron chi connectivity index (χ4n) is 1.75. The lowest BCUT2D eigenvalue weighted by molar-refractivity contribution is 0.414. The number of halogens is 1. The third kappa shape index (κ3) is 2.96. The van der Waals surface area contributed by atoms with Crippen molar-refractivity contribution < 1.29 is 4.74 Å². The SMILES string of the molecule is COc1ccc(Nc2nc(C)nc(Cl)c2C)c(C)c1. The third-order valence-corrected chi connectivity index (χ3v) is 3.25. The molecule has 1 N–H and O–H groups in total. The van der Waals surface area contributed by atoms with Gasteiger partial charge >= 0.3 is 0 Å². The Bertz CT molecular complexity index is 614. The molecular formula is C14H16ClN3O. The summed E-state index contributed by atoms with van der Waals surface area (Å²) in [6.45, 7) is 5.72. The van der Waals surface area contributed by atoms with E-state index in [1.165, 1.54) is 0 Å². The van der Waals surface area contributed by atoms with Gasteiger partial charge in [0.05, 0.1) is 7.11 Å². The molecule has 5 heteroatoms. The van der Waals surface area contributed by atoms with Crippen LogP contribution in [-0.4, -0.2) is 17.1 Å². The van der Waals surface area contributed by atoms with Gasteiger partial charge in [-0.05, 0) is 44.5 Å². The molecular weight excluding hydrogens is 262 g/mol. The van der Waals surface area contributed by atoms with Crippen molar-refractivity contribution in [1.82, 2.24) is 9.97 Å². The minimum Gasteiger partial charge on any atom is -0.497 e. The highest BCUT2D eigenvalue weighted by Crippen LogP contribution is 2.27. The molecule has 0 aliphatic rings. The second-order valence-corrected chi connectivity index (χ2v) is 4.70. The summed E-state index contributed by atoms with van der Waals surface area (Å²) >= 11 is 6.06. The zero-order valence-corrected chi connectivity index (χ0v) is 12.2. The highest BCUT2D eigenvalue weighted by molar-refractivity contribution is 6.30. The fraction of sp³-hybridized carbons (Fsp3) is 0.286. The molecule has 0 saturated heterocycles. The molecule has 0 amide bonds. The first kappa shape index (κ1) is 13.6. The lowest BCUT2D eigenvalue weighted by Gasteiger charge is -2.13. The molecule has 0 bridgehead atoms. The molecule has 0 spiro atoms. The van der Waals surface area contributed by atoms with Gasteiger partial charge in [0.1, 0.15) is 22.5 Å². The first-order chi connectivity index (χ1) is 9.01. The average molecular weight is 278 g/mol. The van der Waals surface area contributed by atoms with Gasteiger partial charge < -0.3 is 10.1 Å². The van der Waals surface area contributed by atoms with Gasteiger partial charge in [-0.2, -0.15) is 0 Å². The number of benzene rings is 1. The average Bonchev–Trinajstić information content (AvgIpc) is 2.37. The van der Waals surface area contributed by atoms with Crippen molar-refractivity contribution in [3.8, 4) is 5.75 Å². The highest BCUT2D eigenvalue weighted by atomic mass is 35.5. The van der Waals surface area contributed by atoms with Crippen LogP contribution in [0.4, 0.5) is 11.5 Å². The lowest BCUT2D eigenvalue weighted by Crippen LogP contribution is -2.02. The Labute approximate surface area is 117 Å². The van der Waals surface area contributed by atoms with Crippen molar-refractivity contribution >= 4 is 23.1 Å². The predicted molar refractivity (Wildman–Crippen MR) is 77.5 cm³/mol. The van der Waals surface area contributed by atoms with E-state index in [9.17, 15) is 0 Å². The number of ether oxygens (including phenoxy) is 1. The van der Waals surface area contributed by atoms with Gasteiger partial charge in [-0.25, -0.2) is 9.97 Å². The largest absolute Gasteiger partial charge is 0.497 e. The van der Waals surface area contributed by atoms with E-state index < -0.39 is 0 Å². The summed E-state index contributed by atoms with van der Waals surface area (Å²) in [6.07, 6.45) is 0. The topological polar surface area (TPSA) is 47.0 Å². The Kier molecular flexibility index (Phi) is 3.90. The van der Waals surface area contributed by atoms with E-state index in [0.29, 0.717) is 11.0 Å². The van der Waals surface area contributed by atoms with Crippen molar-refractivity contribution in [2.45, 2.75) is 20.8 Å². The van der Waals surface area contributed by atoms with Crippen LogP contribution in [0.1, 0.15) is 17.0 Å². The van der Waals surface area contributed by atoms with E-state index in [-0.39, 0.29) is 0 Å². The Morgan fingerprint density at radius 2 is 1.89 bits per heavy atom. The van der Waals surface area contributed by atoms with Crippen LogP contribution >= 0.6 is 11.6 Å². The van der Waals surface area contributed by atoms with Crippen LogP contribution in [0.15, 0.2) is 18.2 Å². The molecule has 0 atom stereocenters. The number of nitrogens with one attached hydrogen (secondary N) is 1. The third-order valence-electron chi connectivity index (χ3n) is 2.88. The number of rotatable bonds is 3. The molecule has 0 radical (unpaired) electrons. The zero-order valence-electron chi connectivity index (χ0n) is 11.4. The van der Waals surface area contributed by atoms with Crippen molar-refractivity contribution in [3.63, 3.8) is 0 Å². The molecule has 0 saturated carbocycles. The van der Waals surface area contributed by atoms with Gasteiger partial charge in [0.2, 0.25) is 0 Å². The van der Waals surface area contributed by atoms with Crippen LogP contribution in [0.5, 0.6) is 5.75 Å². The summed E-state index contributed by atoms with van der Waals surface area (Å²) in [4.78, 5) is 8.49. The van der Waals surface area contributed by atoms with Gasteiger partial charge in [0.25, 0.3) is 0 Å². The number of aryl methyl sites for hydroxylation is 2. The fourth-order valence-corrected chi connectivity index (χ4v) is 1.96. The number of hydrogen-bond donors (Lipinski definition) is 1. The van der Waals surface area contributed by atoms with Crippen molar-refractivity contribution in [2.24, 2.45) is 0 Å². The zero-order chi connectivity index (χ0) is 14.0. The molecule has 4 nitrogen and oxygen atoms in total. The highest BCUT2D eigenvalue weighted by Gasteiger charge is 2.09. The van der Waals surface area contributed by atoms with E-state index in [2.05, 4.69) is 15.3 Å². The number of methoxy groups -OCH3 is 1. The first-order valence-corrected chi connectivity index (χ1v) is 6.31. The summed E-state index contributed by atoms with van der Waals surface area (Å²) in [5.41, 5.74) is 2.88. The van der Waals surface area contributed by atoms with Crippen LogP contribution in [0.3, 0.4) is 0 Å². The van der Waals surface area contributed by atoms with E-state index in [4.69, 9.17) is 16.3 Å². The van der Waals surface area contributed by atoms with Crippen LogP contribution in [0.2, 0.25) is 5.15 Å². The Hall–Kier alpha value is -1.81. The first-order valence-electron chi connectivity index (χ1n) is 5.93. The molecule has 1 aromatic carbocycles. The maximum atomic E-state index is 6.06. The summed E-state index contributed by atoms with van der Waals surface area (Å²) in [6, 6.07) is 5.83. The van der Waals surface area contributed by atoms with E-state index in [1.807, 2.05) is 39.0 Å². The van der Waals surface area contributed by atoms with Crippen LogP contribution < -0.4 is 10.1 Å². The quantitative estimate of drug-likeness (QED) is 0.867. The van der Waals surface area contributed by atoms with Crippen molar-refractivity contribution in [2.75, 3.05) is 12.4 Å². The molecule has 0 unspecified atom stereocenters. The maximum Gasteiger partial charge on any atom is 0.138 e. The van der Waals surface area contributed by atoms with Crippen LogP contribution in [-0.2, 0) is 0 Å². The molecule has 100 valence electrons. The summed E-state index contributed by atoms with van der Waals surface area (Å²) in [7, 11) is 1.65. The van der Waals surface area contributed by atoms with Gasteiger partial charge in [-0.3, -0.25) is 0 Å². The molecule has 2 rings (SSSR count). The summed E-state index contributed by atoms with van der Waals surface area (Å²) in [5.74, 6) is 2.20. The van der Waals surface area contributed by atoms with Crippen molar-refractivity contribution in [1.29, 1.82) is 0 Å². The van der Waals surface area contributed by atoms with Gasteiger partial charge in [-0.15, -0.1) is 0 Å². The Morgan fingerprint density at radius 3 is 2.53 bits per heavy atom. The standard InChI is InChI=1S/C14H16ClN3O/c1-8-7-11(19-4)5-6-12(8)18-14-9(2)13(15)16-10(3)17-14/h5-7H,1-4H3,(H,16,17,18). The molecule has 2 aromatic rings. The molecule has 0 aliphatic carbocycles. The van der Waals surface area contributed by atoms with Gasteiger partial charge in [0, 0.05) is 11.3 Å². The van der Waals surface area contributed by atoms with Crippen molar-refractivity contribution in [3.05, 3.63) is 40.3 Å². The van der Waals surface area contributed by atoms with E-state index in [1.54, 1.807) is 7.11 Å². The summed E-state index contributed by atoms with van der Waals surface area (Å²) in [5, 5.41) is 3.76. The van der Waals surface area contributed by atoms with Gasteiger partial charge in [0.15, 0.2) is 0 Å². The minimum atomic E-state index is 0.473. The van der Waals surface area contributed by atoms with Crippen LogP contribution in [0, 0.1) is 20.8 Å². The lowest BCUT2D eigenvalue weighted by atomic mass is 10.2. The predicted octanol–water partition coefficient (Wildman–Crippen LogP) is 3.81. The number of nitrogens with zero attached hydrogens (tertiary/aromatic N) is 2. The minimum absolute atomic E-state index is 0.473. The summed E-state index contributed by atoms with van der Waals surface area (Å²) < 4.78 is 5.19. The smallest absolute Gasteiger partial charge is 0.138 e. The Morgan fingerprint density at radius 1 is 1.16 bits per heavy atom. The molecule has 1 aromatic heterocycles. The van der Waals surface area contributed by atoms with Crippen LogP contribution in [0.25, 0.3) is 0 Å². The maximum absolute atomic E-state index is 6.06. The van der Waals surface area contributed by atoms with E-state index >= 15 is 0 Å². The van der Waals surface area contributed by atoms with Gasteiger partial charge in [-0.1, -0.05) is 11.6 Å². The monoisotopic (exact) mass is 277 g/mol. The molecule has 0 fully saturated rings. The second kappa shape index (κ2) is 5.45. The van der Waals surface area contributed by atoms with E-state index in [0.717, 1.165) is 28.4 Å². The number of aromatic nitrogens is 2. The Balaban J connectivity index is 2.36. The molecule has 0 aliphatic heterocycles. The normalized spacial score (nSPS) is 10.4. The number of anilines is 2.